The number of non-ortho nitro benzene ring substituents is 1. The molecule has 0 saturated carbocycles. The van der Waals surface area contributed by atoms with Gasteiger partial charge in [0.25, 0.3) is 5.69 Å². The summed E-state index contributed by atoms with van der Waals surface area (Å²) >= 11 is 3.54. The summed E-state index contributed by atoms with van der Waals surface area (Å²) < 4.78 is 1.11. The Morgan fingerprint density at radius 3 is 2.68 bits per heavy atom. The Morgan fingerprint density at radius 2 is 1.95 bits per heavy atom. The second kappa shape index (κ2) is 6.48. The molecule has 0 saturated heterocycles. The van der Waals surface area contributed by atoms with Gasteiger partial charge < -0.3 is 4.90 Å². The zero-order valence-electron chi connectivity index (χ0n) is 12.2. The number of rotatable bonds is 4. The molecule has 1 aliphatic heterocycles. The second-order valence-corrected chi connectivity index (χ2v) is 6.45. The molecule has 2 aromatic carbocycles. The van der Waals surface area contributed by atoms with Crippen molar-refractivity contribution in [2.24, 2.45) is 0 Å². The maximum Gasteiger partial charge on any atom is 0.269 e. The molecule has 0 bridgehead atoms. The van der Waals surface area contributed by atoms with Gasteiger partial charge in [-0.2, -0.15) is 0 Å². The predicted octanol–water partition coefficient (Wildman–Crippen LogP) is 4.35. The molecule has 2 aromatic rings. The summed E-state index contributed by atoms with van der Waals surface area (Å²) in [6.07, 6.45) is 3.20. The Kier molecular flexibility index (Phi) is 4.43. The summed E-state index contributed by atoms with van der Waals surface area (Å²) in [6, 6.07) is 13.3. The summed E-state index contributed by atoms with van der Waals surface area (Å²) in [5, 5.41) is 10.7. The van der Waals surface area contributed by atoms with Crippen molar-refractivity contribution in [2.75, 3.05) is 18.0 Å². The van der Waals surface area contributed by atoms with Crippen molar-refractivity contribution < 1.29 is 4.92 Å². The highest BCUT2D eigenvalue weighted by Gasteiger charge is 2.16. The molecule has 0 spiro atoms. The lowest BCUT2D eigenvalue weighted by molar-refractivity contribution is -0.384. The third-order valence-corrected chi connectivity index (χ3v) is 4.57. The van der Waals surface area contributed by atoms with Gasteiger partial charge in [-0.1, -0.05) is 34.1 Å². The van der Waals surface area contributed by atoms with E-state index in [1.807, 2.05) is 12.1 Å². The molecule has 5 heteroatoms. The Morgan fingerprint density at radius 1 is 1.18 bits per heavy atom. The van der Waals surface area contributed by atoms with E-state index in [9.17, 15) is 10.1 Å². The van der Waals surface area contributed by atoms with Crippen molar-refractivity contribution >= 4 is 27.3 Å². The molecule has 3 rings (SSSR count). The van der Waals surface area contributed by atoms with Crippen molar-refractivity contribution in [2.45, 2.75) is 19.3 Å². The molecule has 22 heavy (non-hydrogen) atoms. The highest BCUT2D eigenvalue weighted by Crippen LogP contribution is 2.30. The van der Waals surface area contributed by atoms with Gasteiger partial charge in [-0.25, -0.2) is 0 Å². The zero-order chi connectivity index (χ0) is 15.5. The lowest BCUT2D eigenvalue weighted by Gasteiger charge is -2.31. The van der Waals surface area contributed by atoms with Crippen LogP contribution in [0.15, 0.2) is 46.9 Å². The van der Waals surface area contributed by atoms with Crippen LogP contribution < -0.4 is 4.90 Å². The Hall–Kier alpha value is -1.88. The van der Waals surface area contributed by atoms with E-state index < -0.39 is 0 Å². The van der Waals surface area contributed by atoms with Gasteiger partial charge in [0, 0.05) is 35.4 Å². The number of benzene rings is 2. The topological polar surface area (TPSA) is 46.4 Å². The van der Waals surface area contributed by atoms with Gasteiger partial charge in [0.15, 0.2) is 0 Å². The summed E-state index contributed by atoms with van der Waals surface area (Å²) in [6.45, 7) is 2.00. The molecule has 1 heterocycles. The average molecular weight is 361 g/mol. The lowest BCUT2D eigenvalue weighted by atomic mass is 10.0. The van der Waals surface area contributed by atoms with Crippen molar-refractivity contribution in [1.82, 2.24) is 0 Å². The van der Waals surface area contributed by atoms with Gasteiger partial charge in [0.2, 0.25) is 0 Å². The minimum Gasteiger partial charge on any atom is -0.371 e. The van der Waals surface area contributed by atoms with Crippen LogP contribution in [0.4, 0.5) is 11.4 Å². The van der Waals surface area contributed by atoms with Crippen LogP contribution in [0.2, 0.25) is 0 Å². The Balaban J connectivity index is 1.70. The van der Waals surface area contributed by atoms with E-state index in [-0.39, 0.29) is 10.6 Å². The van der Waals surface area contributed by atoms with Crippen LogP contribution >= 0.6 is 15.9 Å². The molecular formula is C17H17BrN2O2. The lowest BCUT2D eigenvalue weighted by Crippen LogP contribution is -2.31. The quantitative estimate of drug-likeness (QED) is 0.601. The van der Waals surface area contributed by atoms with E-state index in [1.54, 1.807) is 12.1 Å². The van der Waals surface area contributed by atoms with Crippen LogP contribution in [0, 0.1) is 10.1 Å². The number of nitrogens with zero attached hydrogens (tertiary/aromatic N) is 2. The van der Waals surface area contributed by atoms with Crippen LogP contribution in [0.25, 0.3) is 0 Å². The van der Waals surface area contributed by atoms with Gasteiger partial charge in [0.05, 0.1) is 4.92 Å². The summed E-state index contributed by atoms with van der Waals surface area (Å²) in [7, 11) is 0. The van der Waals surface area contributed by atoms with Gasteiger partial charge in [-0.15, -0.1) is 0 Å². The van der Waals surface area contributed by atoms with Crippen LogP contribution in [0.3, 0.4) is 0 Å². The molecule has 4 nitrogen and oxygen atoms in total. The van der Waals surface area contributed by atoms with E-state index in [1.165, 1.54) is 17.7 Å². The van der Waals surface area contributed by atoms with E-state index >= 15 is 0 Å². The Bertz CT molecular complexity index is 686. The highest BCUT2D eigenvalue weighted by atomic mass is 79.9. The first-order valence-electron chi connectivity index (χ1n) is 7.40. The highest BCUT2D eigenvalue weighted by molar-refractivity contribution is 9.10. The van der Waals surface area contributed by atoms with Gasteiger partial charge in [-0.05, 0) is 42.5 Å². The van der Waals surface area contributed by atoms with Crippen molar-refractivity contribution in [3.8, 4) is 0 Å². The fourth-order valence-electron chi connectivity index (χ4n) is 2.90. The van der Waals surface area contributed by atoms with E-state index in [4.69, 9.17) is 0 Å². The first kappa shape index (κ1) is 15.0. The standard InChI is InChI=1S/C17H17BrN2O2/c18-15-6-5-14-2-1-10-19(17(14)12-15)11-9-13-3-7-16(8-4-13)20(21)22/h3-8,12H,1-2,9-11H2. The number of anilines is 1. The third kappa shape index (κ3) is 3.30. The first-order valence-corrected chi connectivity index (χ1v) is 8.19. The number of hydrogen-bond donors (Lipinski definition) is 0. The average Bonchev–Trinajstić information content (AvgIpc) is 2.53. The minimum atomic E-state index is -0.359. The van der Waals surface area contributed by atoms with E-state index in [2.05, 4.69) is 39.0 Å². The van der Waals surface area contributed by atoms with Crippen LogP contribution in [-0.4, -0.2) is 18.0 Å². The normalized spacial score (nSPS) is 13.8. The fourth-order valence-corrected chi connectivity index (χ4v) is 3.25. The summed E-state index contributed by atoms with van der Waals surface area (Å²) in [4.78, 5) is 12.7. The van der Waals surface area contributed by atoms with Crippen LogP contribution in [0.5, 0.6) is 0 Å². The van der Waals surface area contributed by atoms with E-state index in [0.29, 0.717) is 0 Å². The molecule has 0 aliphatic carbocycles. The Labute approximate surface area is 138 Å². The zero-order valence-corrected chi connectivity index (χ0v) is 13.8. The van der Waals surface area contributed by atoms with E-state index in [0.717, 1.165) is 36.0 Å². The monoisotopic (exact) mass is 360 g/mol. The van der Waals surface area contributed by atoms with Gasteiger partial charge >= 0.3 is 0 Å². The first-order chi connectivity index (χ1) is 10.6. The van der Waals surface area contributed by atoms with Crippen molar-refractivity contribution in [3.63, 3.8) is 0 Å². The smallest absolute Gasteiger partial charge is 0.269 e. The SMILES string of the molecule is O=[N+]([O-])c1ccc(CCN2CCCc3ccc(Br)cc32)cc1. The molecule has 0 atom stereocenters. The molecule has 0 radical (unpaired) electrons. The predicted molar refractivity (Wildman–Crippen MR) is 91.5 cm³/mol. The molecule has 0 fully saturated rings. The largest absolute Gasteiger partial charge is 0.371 e. The van der Waals surface area contributed by atoms with Crippen molar-refractivity contribution in [1.29, 1.82) is 0 Å². The maximum absolute atomic E-state index is 10.7. The minimum absolute atomic E-state index is 0.149. The van der Waals surface area contributed by atoms with Crippen LogP contribution in [0.1, 0.15) is 17.5 Å². The number of aryl methyl sites for hydroxylation is 1. The number of nitro benzene ring substituents is 1. The van der Waals surface area contributed by atoms with Crippen molar-refractivity contribution in [3.05, 3.63) is 68.2 Å². The fraction of sp³-hybridized carbons (Fsp3) is 0.294. The van der Waals surface area contributed by atoms with Gasteiger partial charge in [-0.3, -0.25) is 10.1 Å². The number of halogens is 1. The van der Waals surface area contributed by atoms with Gasteiger partial charge in [0.1, 0.15) is 0 Å². The summed E-state index contributed by atoms with van der Waals surface area (Å²) in [5.41, 5.74) is 3.99. The number of nitro groups is 1. The maximum atomic E-state index is 10.7. The molecular weight excluding hydrogens is 344 g/mol. The molecule has 0 unspecified atom stereocenters. The second-order valence-electron chi connectivity index (χ2n) is 5.54. The molecule has 0 aromatic heterocycles. The third-order valence-electron chi connectivity index (χ3n) is 4.08. The number of hydrogen-bond acceptors (Lipinski definition) is 3. The molecule has 0 N–H and O–H groups in total. The summed E-state index contributed by atoms with van der Waals surface area (Å²) in [5.74, 6) is 0. The molecule has 0 amide bonds. The van der Waals surface area contributed by atoms with Crippen LogP contribution in [-0.2, 0) is 12.8 Å². The number of fused-ring (bicyclic) bond motifs is 1. The molecule has 114 valence electrons. The molecule has 1 aliphatic rings.